The van der Waals surface area contributed by atoms with Gasteiger partial charge in [-0.25, -0.2) is 9.79 Å². The zero-order valence-electron chi connectivity index (χ0n) is 18.9. The summed E-state index contributed by atoms with van der Waals surface area (Å²) < 4.78 is 13.4. The third-order valence-corrected chi connectivity index (χ3v) is 6.91. The van der Waals surface area contributed by atoms with Crippen molar-refractivity contribution in [3.05, 3.63) is 89.0 Å². The van der Waals surface area contributed by atoms with Crippen molar-refractivity contribution in [3.8, 4) is 11.5 Å². The van der Waals surface area contributed by atoms with E-state index in [1.54, 1.807) is 42.7 Å². The number of halogens is 1. The highest BCUT2D eigenvalue weighted by Gasteiger charge is 2.33. The van der Waals surface area contributed by atoms with Crippen molar-refractivity contribution in [2.45, 2.75) is 26.8 Å². The van der Waals surface area contributed by atoms with E-state index in [-0.39, 0.29) is 17.9 Å². The number of fused-ring (bicyclic) bond motifs is 1. The first-order valence-corrected chi connectivity index (χ1v) is 12.4. The number of aromatic hydroxyl groups is 1. The van der Waals surface area contributed by atoms with Gasteiger partial charge < -0.3 is 14.6 Å². The Morgan fingerprint density at radius 3 is 2.59 bits per heavy atom. The Kier molecular flexibility index (Phi) is 7.04. The van der Waals surface area contributed by atoms with E-state index < -0.39 is 12.0 Å². The summed E-state index contributed by atoms with van der Waals surface area (Å²) in [4.78, 5) is 31.6. The van der Waals surface area contributed by atoms with Gasteiger partial charge in [-0.15, -0.1) is 0 Å². The molecule has 0 aliphatic carbocycles. The monoisotopic (exact) mass is 542 g/mol. The number of phenolic OH excluding ortho intramolecular Hbond substituents is 1. The van der Waals surface area contributed by atoms with Gasteiger partial charge >= 0.3 is 5.97 Å². The fourth-order valence-corrected chi connectivity index (χ4v) is 5.23. The largest absolute Gasteiger partial charge is 0.507 e. The van der Waals surface area contributed by atoms with Gasteiger partial charge in [0.2, 0.25) is 0 Å². The van der Waals surface area contributed by atoms with Gasteiger partial charge in [0.05, 0.1) is 39.5 Å². The summed E-state index contributed by atoms with van der Waals surface area (Å²) in [6.07, 6.45) is 1.74. The number of carbonyl (C=O) groups is 1. The number of aromatic nitrogens is 1. The highest BCUT2D eigenvalue weighted by molar-refractivity contribution is 9.10. The fourth-order valence-electron chi connectivity index (χ4n) is 3.78. The molecule has 1 atom stereocenters. The molecule has 0 saturated heterocycles. The molecule has 1 N–H and O–H groups in total. The van der Waals surface area contributed by atoms with Crippen LogP contribution in [0.3, 0.4) is 0 Å². The van der Waals surface area contributed by atoms with E-state index in [4.69, 9.17) is 9.47 Å². The van der Waals surface area contributed by atoms with Crippen molar-refractivity contribution in [1.29, 1.82) is 0 Å². The normalized spacial score (nSPS) is 15.6. The topological polar surface area (TPSA) is 90.1 Å². The van der Waals surface area contributed by atoms with Crippen molar-refractivity contribution >= 4 is 39.3 Å². The summed E-state index contributed by atoms with van der Waals surface area (Å²) in [6, 6.07) is 11.7. The molecule has 1 aliphatic heterocycles. The Labute approximate surface area is 208 Å². The van der Waals surface area contributed by atoms with Crippen LogP contribution in [0.4, 0.5) is 0 Å². The molecule has 4 rings (SSSR count). The zero-order chi connectivity index (χ0) is 24.4. The second-order valence-electron chi connectivity index (χ2n) is 7.52. The highest BCUT2D eigenvalue weighted by Crippen LogP contribution is 2.31. The highest BCUT2D eigenvalue weighted by atomic mass is 79.9. The van der Waals surface area contributed by atoms with Gasteiger partial charge in [-0.3, -0.25) is 9.36 Å². The molecule has 0 bridgehead atoms. The van der Waals surface area contributed by atoms with Gasteiger partial charge in [0, 0.05) is 0 Å². The molecule has 1 unspecified atom stereocenters. The van der Waals surface area contributed by atoms with Gasteiger partial charge in [-0.05, 0) is 78.2 Å². The lowest BCUT2D eigenvalue weighted by molar-refractivity contribution is -0.139. The SMILES string of the molecule is CCOC(=O)C1=C(C)N=c2sc(=Cc3ccc(O)c(Br)c3)c(=O)n2C1c1ccc(OCC)cc1. The first-order chi connectivity index (χ1) is 16.3. The molecule has 2 heterocycles. The van der Waals surface area contributed by atoms with Gasteiger partial charge in [0.25, 0.3) is 5.56 Å². The van der Waals surface area contributed by atoms with Crippen LogP contribution in [-0.2, 0) is 9.53 Å². The van der Waals surface area contributed by atoms with Gasteiger partial charge in [0.1, 0.15) is 11.5 Å². The molecule has 176 valence electrons. The third-order valence-electron chi connectivity index (χ3n) is 5.29. The molecular weight excluding hydrogens is 520 g/mol. The Morgan fingerprint density at radius 1 is 1.21 bits per heavy atom. The lowest BCUT2D eigenvalue weighted by Crippen LogP contribution is -2.39. The van der Waals surface area contributed by atoms with Crippen molar-refractivity contribution in [2.75, 3.05) is 13.2 Å². The lowest BCUT2D eigenvalue weighted by atomic mass is 9.96. The number of ether oxygens (including phenoxy) is 2. The predicted octanol–water partition coefficient (Wildman–Crippen LogP) is 3.67. The van der Waals surface area contributed by atoms with Crippen LogP contribution in [0.25, 0.3) is 6.08 Å². The molecule has 0 saturated carbocycles. The van der Waals surface area contributed by atoms with Crippen LogP contribution in [0.15, 0.2) is 68.0 Å². The number of hydrogen-bond acceptors (Lipinski definition) is 7. The quantitative estimate of drug-likeness (QED) is 0.480. The van der Waals surface area contributed by atoms with E-state index in [2.05, 4.69) is 20.9 Å². The smallest absolute Gasteiger partial charge is 0.338 e. The van der Waals surface area contributed by atoms with Crippen LogP contribution in [0.2, 0.25) is 0 Å². The molecule has 7 nitrogen and oxygen atoms in total. The number of hydrogen-bond donors (Lipinski definition) is 1. The zero-order valence-corrected chi connectivity index (χ0v) is 21.3. The Morgan fingerprint density at radius 2 is 1.94 bits per heavy atom. The number of allylic oxidation sites excluding steroid dienone is 1. The molecule has 1 aliphatic rings. The van der Waals surface area contributed by atoms with Crippen LogP contribution in [0, 0.1) is 0 Å². The average Bonchev–Trinajstić information content (AvgIpc) is 3.10. The molecule has 34 heavy (non-hydrogen) atoms. The van der Waals surface area contributed by atoms with Crippen LogP contribution in [0.5, 0.6) is 11.5 Å². The number of carbonyl (C=O) groups excluding carboxylic acids is 1. The molecule has 0 fully saturated rings. The van der Waals surface area contributed by atoms with Gasteiger partial charge in [-0.2, -0.15) is 0 Å². The first kappa shape index (κ1) is 24.0. The second kappa shape index (κ2) is 9.99. The van der Waals surface area contributed by atoms with Gasteiger partial charge in [-0.1, -0.05) is 29.5 Å². The number of benzene rings is 2. The number of esters is 1. The van der Waals surface area contributed by atoms with E-state index >= 15 is 0 Å². The summed E-state index contributed by atoms with van der Waals surface area (Å²) in [5, 5.41) is 9.77. The van der Waals surface area contributed by atoms with E-state index in [1.165, 1.54) is 11.3 Å². The average molecular weight is 543 g/mol. The summed E-state index contributed by atoms with van der Waals surface area (Å²) in [5.41, 5.74) is 2.07. The van der Waals surface area contributed by atoms with Gasteiger partial charge in [0.15, 0.2) is 4.80 Å². The summed E-state index contributed by atoms with van der Waals surface area (Å²) in [5.74, 6) is 0.318. The maximum atomic E-state index is 13.6. The van der Waals surface area contributed by atoms with Crippen LogP contribution in [-0.4, -0.2) is 28.9 Å². The maximum absolute atomic E-state index is 13.6. The van der Waals surface area contributed by atoms with Crippen LogP contribution < -0.4 is 19.6 Å². The van der Waals surface area contributed by atoms with Crippen molar-refractivity contribution in [3.63, 3.8) is 0 Å². The molecule has 9 heteroatoms. The molecule has 0 radical (unpaired) electrons. The maximum Gasteiger partial charge on any atom is 0.338 e. The minimum absolute atomic E-state index is 0.115. The van der Waals surface area contributed by atoms with E-state index in [0.717, 1.165) is 11.1 Å². The number of thiazole rings is 1. The summed E-state index contributed by atoms with van der Waals surface area (Å²) in [7, 11) is 0. The molecule has 0 amide bonds. The number of rotatable bonds is 6. The van der Waals surface area contributed by atoms with Crippen molar-refractivity contribution in [1.82, 2.24) is 4.57 Å². The van der Waals surface area contributed by atoms with E-state index in [0.29, 0.717) is 37.4 Å². The Balaban J connectivity index is 1.91. The Bertz CT molecular complexity index is 1450. The van der Waals surface area contributed by atoms with E-state index in [1.807, 2.05) is 31.2 Å². The molecule has 0 spiro atoms. The van der Waals surface area contributed by atoms with Crippen LogP contribution >= 0.6 is 27.3 Å². The predicted molar refractivity (Wildman–Crippen MR) is 134 cm³/mol. The minimum atomic E-state index is -0.681. The third kappa shape index (κ3) is 4.58. The van der Waals surface area contributed by atoms with Crippen LogP contribution in [0.1, 0.15) is 37.9 Å². The standard InChI is InChI=1S/C25H23BrN2O5S/c1-4-32-17-9-7-16(8-10-17)22-21(24(31)33-5-2)14(3)27-25-28(22)23(30)20(34-25)13-15-6-11-19(29)18(26)12-15/h6-13,22,29H,4-5H2,1-3H3. The van der Waals surface area contributed by atoms with Crippen molar-refractivity contribution < 1.29 is 19.4 Å². The van der Waals surface area contributed by atoms with Crippen molar-refractivity contribution in [2.24, 2.45) is 4.99 Å². The second-order valence-corrected chi connectivity index (χ2v) is 9.38. The molecule has 2 aromatic carbocycles. The number of nitrogens with zero attached hydrogens (tertiary/aromatic N) is 2. The summed E-state index contributed by atoms with van der Waals surface area (Å²) in [6.45, 7) is 6.15. The first-order valence-electron chi connectivity index (χ1n) is 10.7. The fraction of sp³-hybridized carbons (Fsp3) is 0.240. The van der Waals surface area contributed by atoms with E-state index in [9.17, 15) is 14.7 Å². The molecule has 1 aromatic heterocycles. The number of phenols is 1. The minimum Gasteiger partial charge on any atom is -0.507 e. The lowest BCUT2D eigenvalue weighted by Gasteiger charge is -2.24. The summed E-state index contributed by atoms with van der Waals surface area (Å²) >= 11 is 4.55. The Hall–Kier alpha value is -3.17. The molecule has 3 aromatic rings. The molecular formula is C25H23BrN2O5S.